The van der Waals surface area contributed by atoms with Gasteiger partial charge in [0.05, 0.1) is 0 Å². The van der Waals surface area contributed by atoms with Crippen molar-refractivity contribution in [3.8, 4) is 0 Å². The number of aliphatic imine (C=N–C) groups is 1. The van der Waals surface area contributed by atoms with Crippen LogP contribution in [0.1, 0.15) is 43.6 Å². The molecule has 31 heavy (non-hydrogen) atoms. The molecule has 2 N–H and O–H groups in total. The number of likely N-dealkylation sites (tertiary alicyclic amines) is 2. The van der Waals surface area contributed by atoms with E-state index in [2.05, 4.69) is 32.7 Å². The fourth-order valence-corrected chi connectivity index (χ4v) is 7.08. The summed E-state index contributed by atoms with van der Waals surface area (Å²) in [6.45, 7) is 2.66. The van der Waals surface area contributed by atoms with Crippen LogP contribution in [0.4, 0.5) is 0 Å². The lowest BCUT2D eigenvalue weighted by Crippen LogP contribution is -2.62. The van der Waals surface area contributed by atoms with E-state index in [0.29, 0.717) is 18.9 Å². The normalized spacial score (nSPS) is 35.0. The molecule has 3 fully saturated rings. The van der Waals surface area contributed by atoms with Gasteiger partial charge >= 0.3 is 0 Å². The minimum Gasteiger partial charge on any atom is -0.368 e. The zero-order chi connectivity index (χ0) is 21.4. The second-order valence-corrected chi connectivity index (χ2v) is 10.9. The van der Waals surface area contributed by atoms with E-state index in [9.17, 15) is 9.00 Å². The second kappa shape index (κ2) is 8.96. The van der Waals surface area contributed by atoms with Crippen molar-refractivity contribution in [2.75, 3.05) is 32.4 Å². The van der Waals surface area contributed by atoms with Crippen LogP contribution >= 0.6 is 0 Å². The van der Waals surface area contributed by atoms with Gasteiger partial charge in [-0.1, -0.05) is 0 Å². The maximum Gasteiger partial charge on any atom is 0.222 e. The van der Waals surface area contributed by atoms with Gasteiger partial charge in [-0.15, -0.1) is 0 Å². The molecule has 0 aliphatic carbocycles. The lowest BCUT2D eigenvalue weighted by atomic mass is 9.90. The number of carbonyl (C=O) groups is 1. The van der Waals surface area contributed by atoms with Crippen LogP contribution in [0.5, 0.6) is 0 Å². The maximum absolute atomic E-state index is 12.7. The summed E-state index contributed by atoms with van der Waals surface area (Å²) in [4.78, 5) is 25.2. The number of rotatable bonds is 3. The van der Waals surface area contributed by atoms with Gasteiger partial charge in [0.1, 0.15) is 11.1 Å². The first-order chi connectivity index (χ1) is 15.1. The molecule has 5 atom stereocenters. The Labute approximate surface area is 186 Å². The molecule has 1 aromatic rings. The van der Waals surface area contributed by atoms with Crippen molar-refractivity contribution in [2.24, 2.45) is 4.99 Å². The summed E-state index contributed by atoms with van der Waals surface area (Å²) in [7, 11) is 0.953. The van der Waals surface area contributed by atoms with Gasteiger partial charge in [-0.25, -0.2) is 4.99 Å². The molecule has 3 saturated heterocycles. The van der Waals surface area contributed by atoms with Gasteiger partial charge in [-0.2, -0.15) is 0 Å². The van der Waals surface area contributed by atoms with Crippen LogP contribution in [-0.4, -0.2) is 86.8 Å². The second-order valence-electron chi connectivity index (χ2n) is 9.20. The molecule has 9 heteroatoms. The van der Waals surface area contributed by atoms with Gasteiger partial charge in [-0.3, -0.25) is 24.2 Å². The largest absolute Gasteiger partial charge is 0.368 e. The molecule has 0 spiro atoms. The number of amidine groups is 1. The number of pyridine rings is 1. The molecule has 0 aromatic carbocycles. The van der Waals surface area contributed by atoms with Crippen LogP contribution in [0.25, 0.3) is 0 Å². The summed E-state index contributed by atoms with van der Waals surface area (Å²) in [5.41, 5.74) is 1.37. The Morgan fingerprint density at radius 1 is 1.16 bits per heavy atom. The number of carbonyl (C=O) groups excluding carboxylic acids is 1. The molecule has 0 saturated carbocycles. The van der Waals surface area contributed by atoms with Crippen LogP contribution < -0.4 is 10.6 Å². The summed E-state index contributed by atoms with van der Waals surface area (Å²) in [6, 6.07) is 4.63. The van der Waals surface area contributed by atoms with E-state index < -0.39 is 10.8 Å². The van der Waals surface area contributed by atoms with Crippen LogP contribution in [0.15, 0.2) is 29.5 Å². The molecule has 4 unspecified atom stereocenters. The zero-order valence-corrected chi connectivity index (χ0v) is 18.9. The van der Waals surface area contributed by atoms with E-state index in [4.69, 9.17) is 4.99 Å². The highest BCUT2D eigenvalue weighted by atomic mass is 32.2. The quantitative estimate of drug-likeness (QED) is 0.712. The Balaban J connectivity index is 1.28. The molecule has 8 nitrogen and oxygen atoms in total. The number of hydrogen-bond acceptors (Lipinski definition) is 7. The summed E-state index contributed by atoms with van der Waals surface area (Å²) in [5, 5.41) is 7.23. The highest BCUT2D eigenvalue weighted by molar-refractivity contribution is 7.86. The topological polar surface area (TPSA) is 89.9 Å². The summed E-state index contributed by atoms with van der Waals surface area (Å²) in [5.74, 6) is 2.38. The Hall–Kier alpha value is -1.84. The van der Waals surface area contributed by atoms with Crippen LogP contribution in [0, 0.1) is 0 Å². The number of nitrogens with one attached hydrogen (secondary N) is 2. The number of piperidine rings is 2. The van der Waals surface area contributed by atoms with Crippen molar-refractivity contribution in [3.63, 3.8) is 0 Å². The van der Waals surface area contributed by atoms with Gasteiger partial charge in [0.25, 0.3) is 0 Å². The van der Waals surface area contributed by atoms with Gasteiger partial charge < -0.3 is 10.2 Å². The number of amides is 1. The molecule has 0 bridgehead atoms. The molecule has 5 heterocycles. The van der Waals surface area contributed by atoms with Gasteiger partial charge in [0, 0.05) is 74.1 Å². The number of nitrogens with zero attached hydrogens (tertiary/aromatic N) is 4. The fraction of sp³-hybridized carbons (Fsp3) is 0.682. The molecule has 4 aliphatic rings. The van der Waals surface area contributed by atoms with E-state index >= 15 is 0 Å². The van der Waals surface area contributed by atoms with E-state index in [1.807, 2.05) is 19.4 Å². The third-order valence-electron chi connectivity index (χ3n) is 7.20. The van der Waals surface area contributed by atoms with Crippen LogP contribution in [-0.2, 0) is 15.6 Å². The molecular weight excluding hydrogens is 412 g/mol. The number of likely N-dealkylation sites (N-methyl/N-ethyl adjacent to an activating group) is 1. The maximum atomic E-state index is 12.7. The highest BCUT2D eigenvalue weighted by Gasteiger charge is 2.44. The van der Waals surface area contributed by atoms with Crippen LogP contribution in [0.3, 0.4) is 0 Å². The van der Waals surface area contributed by atoms with Crippen LogP contribution in [0.2, 0.25) is 0 Å². The lowest BCUT2D eigenvalue weighted by molar-refractivity contribution is -0.132. The van der Waals surface area contributed by atoms with Crippen molar-refractivity contribution >= 4 is 22.5 Å². The minimum absolute atomic E-state index is 0.0615. The predicted octanol–water partition coefficient (Wildman–Crippen LogP) is 0.646. The van der Waals surface area contributed by atoms with Crippen molar-refractivity contribution < 1.29 is 9.00 Å². The van der Waals surface area contributed by atoms with E-state index in [1.54, 1.807) is 4.90 Å². The first-order valence-corrected chi connectivity index (χ1v) is 12.8. The van der Waals surface area contributed by atoms with Crippen molar-refractivity contribution in [1.82, 2.24) is 25.4 Å². The monoisotopic (exact) mass is 444 g/mol. The minimum atomic E-state index is -0.901. The summed E-state index contributed by atoms with van der Waals surface area (Å²) < 4.78 is 12.7. The third kappa shape index (κ3) is 4.40. The molecule has 0 radical (unpaired) electrons. The summed E-state index contributed by atoms with van der Waals surface area (Å²) in [6.07, 6.45) is 8.19. The van der Waals surface area contributed by atoms with E-state index in [1.165, 1.54) is 5.56 Å². The van der Waals surface area contributed by atoms with Crippen molar-refractivity contribution in [2.45, 2.75) is 61.6 Å². The number of fused-ring (bicyclic) bond motifs is 1. The van der Waals surface area contributed by atoms with Gasteiger partial charge in [-0.05, 0) is 49.3 Å². The summed E-state index contributed by atoms with van der Waals surface area (Å²) >= 11 is 0. The average Bonchev–Trinajstić information content (AvgIpc) is 3.18. The van der Waals surface area contributed by atoms with Gasteiger partial charge in [0.15, 0.2) is 6.29 Å². The van der Waals surface area contributed by atoms with Crippen molar-refractivity contribution in [3.05, 3.63) is 30.1 Å². The smallest absolute Gasteiger partial charge is 0.222 e. The molecule has 1 aromatic heterocycles. The highest BCUT2D eigenvalue weighted by Crippen LogP contribution is 2.30. The molecule has 5 rings (SSSR count). The number of aromatic nitrogens is 1. The average molecular weight is 445 g/mol. The molecular formula is C22H32N6O2S. The Morgan fingerprint density at radius 3 is 2.68 bits per heavy atom. The molecule has 168 valence electrons. The van der Waals surface area contributed by atoms with Gasteiger partial charge in [0.2, 0.25) is 5.91 Å². The fourth-order valence-electron chi connectivity index (χ4n) is 5.38. The lowest BCUT2D eigenvalue weighted by Gasteiger charge is -2.42. The molecule has 1 amide bonds. The number of hydrogen-bond donors (Lipinski definition) is 2. The Morgan fingerprint density at radius 2 is 1.94 bits per heavy atom. The molecule has 4 aliphatic heterocycles. The van der Waals surface area contributed by atoms with Crippen molar-refractivity contribution in [1.29, 1.82) is 0 Å². The first kappa shape index (κ1) is 21.0. The first-order valence-electron chi connectivity index (χ1n) is 11.4. The SMILES string of the molecule is CN1C[C@@H](NC2=NC(N3CCC(c4ccncc4)CC3)NC3CCS(=O)C23)CCC1=O. The third-order valence-corrected chi connectivity index (χ3v) is 8.96. The van der Waals surface area contributed by atoms with E-state index in [-0.39, 0.29) is 29.5 Å². The standard InChI is InChI=1S/C22H32N6O2S/c1-27-14-17(2-3-19(27)29)24-21-20-18(8-13-31(20)30)25-22(26-21)28-11-6-16(7-12-28)15-4-9-23-10-5-15/h4-5,9-10,16-18,20,22,25H,2-3,6-8,11-14H2,1H3,(H,24,26)/t17-,18?,20?,22?,31?/m0/s1. The zero-order valence-electron chi connectivity index (χ0n) is 18.1. The predicted molar refractivity (Wildman–Crippen MR) is 121 cm³/mol. The van der Waals surface area contributed by atoms with E-state index in [0.717, 1.165) is 50.4 Å². The Kier molecular flexibility index (Phi) is 6.08. The Bertz CT molecular complexity index is 857.